The van der Waals surface area contributed by atoms with E-state index in [4.69, 9.17) is 28.4 Å². The number of nitro benzene ring substituents is 2. The van der Waals surface area contributed by atoms with Gasteiger partial charge in [0.15, 0.2) is 23.0 Å². The van der Waals surface area contributed by atoms with Crippen LogP contribution in [0.4, 0.5) is 17.1 Å². The summed E-state index contributed by atoms with van der Waals surface area (Å²) in [7, 11) is 4.45. The predicted octanol–water partition coefficient (Wildman–Crippen LogP) is 4.89. The average molecular weight is 611 g/mol. The zero-order chi connectivity index (χ0) is 31.8. The van der Waals surface area contributed by atoms with Gasteiger partial charge in [-0.1, -0.05) is 0 Å². The molecule has 0 fully saturated rings. The lowest BCUT2D eigenvalue weighted by Crippen LogP contribution is -2.24. The van der Waals surface area contributed by atoms with Gasteiger partial charge in [-0.15, -0.1) is 0 Å². The lowest BCUT2D eigenvalue weighted by molar-refractivity contribution is -0.393. The van der Waals surface area contributed by atoms with E-state index in [1.54, 1.807) is 37.3 Å². The first-order valence-corrected chi connectivity index (χ1v) is 13.3. The summed E-state index contributed by atoms with van der Waals surface area (Å²) in [5.41, 5.74) is 3.11. The van der Waals surface area contributed by atoms with Gasteiger partial charge in [-0.2, -0.15) is 5.10 Å². The number of nitrogens with zero attached hydrogens (tertiary/aromatic N) is 3. The summed E-state index contributed by atoms with van der Waals surface area (Å²) in [5.74, 6) is 0.886. The van der Waals surface area contributed by atoms with Crippen LogP contribution in [-0.4, -0.2) is 56.3 Å². The topological polar surface area (TPSA) is 183 Å². The normalized spacial score (nSPS) is 12.7. The van der Waals surface area contributed by atoms with Gasteiger partial charge in [-0.25, -0.2) is 0 Å². The van der Waals surface area contributed by atoms with Gasteiger partial charge in [0, 0.05) is 18.1 Å². The van der Waals surface area contributed by atoms with Crippen LogP contribution >= 0.6 is 0 Å². The fourth-order valence-corrected chi connectivity index (χ4v) is 4.58. The van der Waals surface area contributed by atoms with Crippen molar-refractivity contribution in [1.82, 2.24) is 0 Å². The Bertz CT molecular complexity index is 1570. The van der Waals surface area contributed by atoms with E-state index in [0.29, 0.717) is 45.6 Å². The molecule has 0 amide bonds. The Morgan fingerprint density at radius 3 is 2.27 bits per heavy atom. The van der Waals surface area contributed by atoms with Crippen LogP contribution in [0.1, 0.15) is 24.5 Å². The van der Waals surface area contributed by atoms with Crippen LogP contribution in [0.15, 0.2) is 53.6 Å². The number of fused-ring (bicyclic) bond motifs is 1. The average Bonchev–Trinajstić information content (AvgIpc) is 3.50. The van der Waals surface area contributed by atoms with Crippen molar-refractivity contribution in [3.8, 4) is 28.7 Å². The molecule has 0 saturated heterocycles. The lowest BCUT2D eigenvalue weighted by Gasteiger charge is -2.19. The van der Waals surface area contributed by atoms with E-state index in [1.807, 2.05) is 0 Å². The van der Waals surface area contributed by atoms with E-state index < -0.39 is 33.1 Å². The molecule has 1 aliphatic heterocycles. The molecular weight excluding hydrogens is 580 g/mol. The van der Waals surface area contributed by atoms with Gasteiger partial charge in [0.25, 0.3) is 5.69 Å². The second-order valence-corrected chi connectivity index (χ2v) is 9.34. The highest BCUT2D eigenvalue weighted by atomic mass is 16.7. The molecule has 3 aromatic rings. The Balaban J connectivity index is 1.76. The molecule has 44 heavy (non-hydrogen) atoms. The van der Waals surface area contributed by atoms with Crippen molar-refractivity contribution >= 4 is 28.7 Å². The SMILES string of the molecule is CCOC(=O)C(C/C(=N\Nc1ccc([N+](=O)[O-])cc1[N+](=O)[O-])c1ccc2c(c1)OCO2)Cc1cc(OC)c(OC)c(OC)c1. The molecule has 0 radical (unpaired) electrons. The molecular formula is C29H30N4O11. The molecule has 1 aliphatic rings. The predicted molar refractivity (Wildman–Crippen MR) is 157 cm³/mol. The lowest BCUT2D eigenvalue weighted by atomic mass is 9.91. The fourth-order valence-electron chi connectivity index (χ4n) is 4.58. The van der Waals surface area contributed by atoms with E-state index in [1.165, 1.54) is 27.4 Å². The van der Waals surface area contributed by atoms with Crippen molar-refractivity contribution in [1.29, 1.82) is 0 Å². The molecule has 0 aromatic heterocycles. The van der Waals surface area contributed by atoms with E-state index >= 15 is 0 Å². The molecule has 3 aromatic carbocycles. The van der Waals surface area contributed by atoms with Crippen molar-refractivity contribution in [3.63, 3.8) is 0 Å². The molecule has 0 spiro atoms. The maximum absolute atomic E-state index is 13.3. The standard InChI is InChI=1S/C29H30N4O11/c1-5-42-29(34)19(10-17-11-26(39-2)28(41-4)27(12-17)40-3)13-22(18-6-9-24-25(14-18)44-16-43-24)31-30-21-8-7-20(32(35)36)15-23(21)33(37)38/h6-9,11-12,14-15,19,30H,5,10,13,16H2,1-4H3/b31-22+. The first-order valence-electron chi connectivity index (χ1n) is 13.3. The summed E-state index contributed by atoms with van der Waals surface area (Å²) >= 11 is 0. The highest BCUT2D eigenvalue weighted by Gasteiger charge is 2.27. The number of ether oxygens (including phenoxy) is 6. The Hall–Kier alpha value is -5.60. The number of non-ortho nitro benzene ring substituents is 1. The number of methoxy groups -OCH3 is 3. The molecule has 1 N–H and O–H groups in total. The van der Waals surface area contributed by atoms with Crippen LogP contribution in [0.2, 0.25) is 0 Å². The first kappa shape index (κ1) is 31.3. The van der Waals surface area contributed by atoms with Crippen molar-refractivity contribution in [2.45, 2.75) is 19.8 Å². The highest BCUT2D eigenvalue weighted by Crippen LogP contribution is 2.39. The number of hydrazone groups is 1. The molecule has 15 heteroatoms. The summed E-state index contributed by atoms with van der Waals surface area (Å²) in [6, 6.07) is 11.7. The molecule has 0 aliphatic carbocycles. The minimum atomic E-state index is -0.782. The molecule has 232 valence electrons. The van der Waals surface area contributed by atoms with Crippen LogP contribution in [0.3, 0.4) is 0 Å². The van der Waals surface area contributed by atoms with E-state index in [0.717, 1.165) is 12.1 Å². The largest absolute Gasteiger partial charge is 0.493 e. The van der Waals surface area contributed by atoms with Crippen LogP contribution < -0.4 is 29.1 Å². The van der Waals surface area contributed by atoms with Crippen molar-refractivity contribution < 1.29 is 43.1 Å². The summed E-state index contributed by atoms with van der Waals surface area (Å²) < 4.78 is 32.7. The first-order chi connectivity index (χ1) is 21.2. The van der Waals surface area contributed by atoms with Crippen molar-refractivity contribution in [3.05, 3.63) is 79.9 Å². The second-order valence-electron chi connectivity index (χ2n) is 9.34. The molecule has 0 bridgehead atoms. The Morgan fingerprint density at radius 1 is 0.955 bits per heavy atom. The van der Waals surface area contributed by atoms with Crippen molar-refractivity contribution in [2.75, 3.05) is 40.2 Å². The van der Waals surface area contributed by atoms with Gasteiger partial charge >= 0.3 is 11.7 Å². The maximum Gasteiger partial charge on any atom is 0.309 e. The third-order valence-electron chi connectivity index (χ3n) is 6.67. The maximum atomic E-state index is 13.3. The van der Waals surface area contributed by atoms with Crippen LogP contribution in [-0.2, 0) is 16.0 Å². The smallest absolute Gasteiger partial charge is 0.309 e. The van der Waals surface area contributed by atoms with Gasteiger partial charge in [-0.3, -0.25) is 30.4 Å². The quantitative estimate of drug-likeness (QED) is 0.113. The highest BCUT2D eigenvalue weighted by molar-refractivity contribution is 6.03. The molecule has 1 atom stereocenters. The fraction of sp³-hybridized carbons (Fsp3) is 0.310. The molecule has 4 rings (SSSR count). The van der Waals surface area contributed by atoms with Gasteiger partial charge < -0.3 is 28.4 Å². The van der Waals surface area contributed by atoms with Gasteiger partial charge in [0.2, 0.25) is 12.5 Å². The Morgan fingerprint density at radius 2 is 1.66 bits per heavy atom. The van der Waals surface area contributed by atoms with Gasteiger partial charge in [-0.05, 0) is 55.3 Å². The van der Waals surface area contributed by atoms with Crippen LogP contribution in [0, 0.1) is 26.1 Å². The second kappa shape index (κ2) is 14.0. The summed E-state index contributed by atoms with van der Waals surface area (Å²) in [6.45, 7) is 1.86. The number of esters is 1. The summed E-state index contributed by atoms with van der Waals surface area (Å²) in [5, 5.41) is 27.3. The summed E-state index contributed by atoms with van der Waals surface area (Å²) in [6.07, 6.45) is 0.194. The number of hydrogen-bond donors (Lipinski definition) is 1. The van der Waals surface area contributed by atoms with E-state index in [-0.39, 0.29) is 31.9 Å². The number of carbonyl (C=O) groups excluding carboxylic acids is 1. The third-order valence-corrected chi connectivity index (χ3v) is 6.67. The molecule has 1 heterocycles. The van der Waals surface area contributed by atoms with Crippen LogP contribution in [0.5, 0.6) is 28.7 Å². The Labute approximate surface area is 251 Å². The zero-order valence-corrected chi connectivity index (χ0v) is 24.4. The Kier molecular flexibility index (Phi) is 10.0. The minimum Gasteiger partial charge on any atom is -0.493 e. The molecule has 0 saturated carbocycles. The molecule has 1 unspecified atom stereocenters. The third kappa shape index (κ3) is 7.06. The minimum absolute atomic E-state index is 0.0168. The van der Waals surface area contributed by atoms with E-state index in [9.17, 15) is 25.0 Å². The molecule has 15 nitrogen and oxygen atoms in total. The number of benzene rings is 3. The number of carbonyl (C=O) groups is 1. The summed E-state index contributed by atoms with van der Waals surface area (Å²) in [4.78, 5) is 34.7. The number of hydrogen-bond acceptors (Lipinski definition) is 13. The van der Waals surface area contributed by atoms with Crippen LogP contribution in [0.25, 0.3) is 0 Å². The van der Waals surface area contributed by atoms with Gasteiger partial charge in [0.1, 0.15) is 5.69 Å². The monoisotopic (exact) mass is 610 g/mol. The zero-order valence-electron chi connectivity index (χ0n) is 24.4. The number of nitrogens with one attached hydrogen (secondary N) is 1. The van der Waals surface area contributed by atoms with Crippen molar-refractivity contribution in [2.24, 2.45) is 11.0 Å². The number of anilines is 1. The van der Waals surface area contributed by atoms with Gasteiger partial charge in [0.05, 0.1) is 55.5 Å². The number of rotatable bonds is 14. The number of nitro groups is 2. The van der Waals surface area contributed by atoms with E-state index in [2.05, 4.69) is 10.5 Å².